The second-order valence-corrected chi connectivity index (χ2v) is 3.33. The lowest BCUT2D eigenvalue weighted by molar-refractivity contribution is 0.0950. The number of hydrogen-bond acceptors (Lipinski definition) is 2. The predicted molar refractivity (Wildman–Crippen MR) is 59.0 cm³/mol. The van der Waals surface area contributed by atoms with Gasteiger partial charge in [0.25, 0.3) is 11.5 Å². The third kappa shape index (κ3) is 2.38. The summed E-state index contributed by atoms with van der Waals surface area (Å²) in [5.41, 5.74) is 1.04. The lowest BCUT2D eigenvalue weighted by Gasteiger charge is -2.02. The lowest BCUT2D eigenvalue weighted by Crippen LogP contribution is -2.22. The fourth-order valence-corrected chi connectivity index (χ4v) is 1.33. The lowest BCUT2D eigenvalue weighted by atomic mass is 10.2. The molecule has 0 radical (unpaired) electrons. The van der Waals surface area contributed by atoms with Crippen LogP contribution in [0.3, 0.4) is 0 Å². The fourth-order valence-electron chi connectivity index (χ4n) is 1.33. The molecular formula is C11H11N3O2. The van der Waals surface area contributed by atoms with Crippen molar-refractivity contribution in [1.82, 2.24) is 15.5 Å². The zero-order valence-corrected chi connectivity index (χ0v) is 8.49. The third-order valence-corrected chi connectivity index (χ3v) is 2.13. The molecule has 82 valence electrons. The van der Waals surface area contributed by atoms with Crippen LogP contribution >= 0.6 is 0 Å². The molecule has 5 heteroatoms. The van der Waals surface area contributed by atoms with Crippen LogP contribution < -0.4 is 10.9 Å². The van der Waals surface area contributed by atoms with E-state index in [-0.39, 0.29) is 11.5 Å². The van der Waals surface area contributed by atoms with Crippen molar-refractivity contribution in [2.45, 2.75) is 6.54 Å². The molecule has 0 aliphatic heterocycles. The molecule has 16 heavy (non-hydrogen) atoms. The molecule has 0 spiro atoms. The minimum absolute atomic E-state index is 0.164. The second kappa shape index (κ2) is 4.48. The van der Waals surface area contributed by atoms with E-state index in [0.717, 1.165) is 0 Å². The quantitative estimate of drug-likeness (QED) is 0.705. The van der Waals surface area contributed by atoms with Crippen molar-refractivity contribution in [3.8, 4) is 0 Å². The smallest absolute Gasteiger partial charge is 0.264 e. The van der Waals surface area contributed by atoms with E-state index in [2.05, 4.69) is 15.5 Å². The number of carbonyl (C=O) groups excluding carboxylic acids is 1. The first-order valence-electron chi connectivity index (χ1n) is 4.85. The van der Waals surface area contributed by atoms with Crippen molar-refractivity contribution in [3.05, 3.63) is 58.0 Å². The third-order valence-electron chi connectivity index (χ3n) is 2.13. The maximum Gasteiger partial charge on any atom is 0.264 e. The zero-order chi connectivity index (χ0) is 11.4. The van der Waals surface area contributed by atoms with E-state index in [1.807, 2.05) is 6.07 Å². The number of amides is 1. The van der Waals surface area contributed by atoms with Gasteiger partial charge in [0, 0.05) is 11.6 Å². The van der Waals surface area contributed by atoms with Crippen LogP contribution in [-0.2, 0) is 6.54 Å². The van der Waals surface area contributed by atoms with Gasteiger partial charge in [-0.25, -0.2) is 0 Å². The van der Waals surface area contributed by atoms with Gasteiger partial charge in [-0.05, 0) is 12.1 Å². The SMILES string of the molecule is O=C(NCc1cc(=O)[nH][nH]1)c1ccccc1. The van der Waals surface area contributed by atoms with Crippen LogP contribution in [0.2, 0.25) is 0 Å². The Bertz CT molecular complexity index is 527. The van der Waals surface area contributed by atoms with E-state index in [0.29, 0.717) is 17.8 Å². The van der Waals surface area contributed by atoms with Crippen LogP contribution in [0, 0.1) is 0 Å². The molecule has 1 aromatic heterocycles. The van der Waals surface area contributed by atoms with Crippen molar-refractivity contribution in [3.63, 3.8) is 0 Å². The van der Waals surface area contributed by atoms with E-state index in [1.165, 1.54) is 6.07 Å². The van der Waals surface area contributed by atoms with Crippen molar-refractivity contribution in [2.75, 3.05) is 0 Å². The molecule has 0 bridgehead atoms. The highest BCUT2D eigenvalue weighted by Gasteiger charge is 2.04. The van der Waals surface area contributed by atoms with Crippen molar-refractivity contribution in [1.29, 1.82) is 0 Å². The first kappa shape index (κ1) is 10.2. The van der Waals surface area contributed by atoms with E-state index >= 15 is 0 Å². The number of nitrogens with one attached hydrogen (secondary N) is 3. The van der Waals surface area contributed by atoms with Gasteiger partial charge in [-0.3, -0.25) is 14.7 Å². The summed E-state index contributed by atoms with van der Waals surface area (Å²) in [7, 11) is 0. The zero-order valence-electron chi connectivity index (χ0n) is 8.49. The molecule has 1 heterocycles. The minimum Gasteiger partial charge on any atom is -0.346 e. The monoisotopic (exact) mass is 217 g/mol. The van der Waals surface area contributed by atoms with Gasteiger partial charge in [-0.2, -0.15) is 0 Å². The van der Waals surface area contributed by atoms with Crippen LogP contribution in [-0.4, -0.2) is 16.1 Å². The van der Waals surface area contributed by atoms with Gasteiger partial charge in [-0.15, -0.1) is 0 Å². The summed E-state index contributed by atoms with van der Waals surface area (Å²) in [4.78, 5) is 22.4. The maximum atomic E-state index is 11.6. The number of aromatic nitrogens is 2. The Kier molecular flexibility index (Phi) is 2.86. The van der Waals surface area contributed by atoms with Crippen molar-refractivity contribution in [2.24, 2.45) is 0 Å². The molecule has 0 fully saturated rings. The molecule has 1 amide bonds. The maximum absolute atomic E-state index is 11.6. The molecule has 0 unspecified atom stereocenters. The largest absolute Gasteiger partial charge is 0.346 e. The summed E-state index contributed by atoms with van der Waals surface area (Å²) < 4.78 is 0. The topological polar surface area (TPSA) is 77.8 Å². The van der Waals surface area contributed by atoms with Gasteiger partial charge in [-0.1, -0.05) is 18.2 Å². The Balaban J connectivity index is 1.96. The molecule has 2 rings (SSSR count). The van der Waals surface area contributed by atoms with E-state index in [4.69, 9.17) is 0 Å². The number of benzene rings is 1. The minimum atomic E-state index is -0.205. The van der Waals surface area contributed by atoms with Gasteiger partial charge in [0.1, 0.15) is 0 Å². The van der Waals surface area contributed by atoms with Gasteiger partial charge >= 0.3 is 0 Å². The van der Waals surface area contributed by atoms with Crippen LogP contribution in [0.1, 0.15) is 16.1 Å². The molecule has 5 nitrogen and oxygen atoms in total. The summed E-state index contributed by atoms with van der Waals surface area (Å²) in [6.45, 7) is 0.298. The Morgan fingerprint density at radius 3 is 2.56 bits per heavy atom. The molecule has 3 N–H and O–H groups in total. The number of carbonyl (C=O) groups is 1. The standard InChI is InChI=1S/C11H11N3O2/c15-10-6-9(13-14-10)7-12-11(16)8-4-2-1-3-5-8/h1-6H,7H2,(H,12,16)(H2,13,14,15). The predicted octanol–water partition coefficient (Wildman–Crippen LogP) is 0.633. The van der Waals surface area contributed by atoms with Crippen molar-refractivity contribution < 1.29 is 4.79 Å². The van der Waals surface area contributed by atoms with Gasteiger partial charge in [0.2, 0.25) is 0 Å². The van der Waals surface area contributed by atoms with Crippen LogP contribution in [0.4, 0.5) is 0 Å². The first-order valence-corrected chi connectivity index (χ1v) is 4.85. The molecule has 0 aliphatic carbocycles. The highest BCUT2D eigenvalue weighted by molar-refractivity contribution is 5.93. The number of aromatic amines is 2. The van der Waals surface area contributed by atoms with Crippen LogP contribution in [0.15, 0.2) is 41.2 Å². The summed E-state index contributed by atoms with van der Waals surface area (Å²) in [6.07, 6.45) is 0. The summed E-state index contributed by atoms with van der Waals surface area (Å²) >= 11 is 0. The Labute approximate surface area is 91.5 Å². The Morgan fingerprint density at radius 2 is 1.94 bits per heavy atom. The molecule has 2 aromatic rings. The first-order chi connectivity index (χ1) is 7.75. The van der Waals surface area contributed by atoms with Gasteiger partial charge in [0.15, 0.2) is 0 Å². The average molecular weight is 217 g/mol. The highest BCUT2D eigenvalue weighted by atomic mass is 16.1. The van der Waals surface area contributed by atoms with Crippen molar-refractivity contribution >= 4 is 5.91 Å². The molecule has 0 atom stereocenters. The molecule has 0 saturated carbocycles. The normalized spacial score (nSPS) is 10.0. The highest BCUT2D eigenvalue weighted by Crippen LogP contribution is 1.98. The number of rotatable bonds is 3. The van der Waals surface area contributed by atoms with E-state index in [9.17, 15) is 9.59 Å². The van der Waals surface area contributed by atoms with Crippen LogP contribution in [0.25, 0.3) is 0 Å². The number of H-pyrrole nitrogens is 2. The molecule has 1 aromatic carbocycles. The Morgan fingerprint density at radius 1 is 1.19 bits per heavy atom. The summed E-state index contributed by atoms with van der Waals surface area (Å²) in [5, 5.41) is 7.76. The van der Waals surface area contributed by atoms with E-state index < -0.39 is 0 Å². The second-order valence-electron chi connectivity index (χ2n) is 3.33. The van der Waals surface area contributed by atoms with Crippen LogP contribution in [0.5, 0.6) is 0 Å². The summed E-state index contributed by atoms with van der Waals surface area (Å²) in [5.74, 6) is -0.164. The van der Waals surface area contributed by atoms with E-state index in [1.54, 1.807) is 24.3 Å². The fraction of sp³-hybridized carbons (Fsp3) is 0.0909. The van der Waals surface area contributed by atoms with Gasteiger partial charge < -0.3 is 10.4 Å². The van der Waals surface area contributed by atoms with Gasteiger partial charge in [0.05, 0.1) is 12.2 Å². The molecule has 0 saturated heterocycles. The number of hydrogen-bond donors (Lipinski definition) is 3. The molecular weight excluding hydrogens is 206 g/mol. The summed E-state index contributed by atoms with van der Waals surface area (Å²) in [6, 6.07) is 10.3. The average Bonchev–Trinajstić information content (AvgIpc) is 2.73. The Hall–Kier alpha value is -2.30. The molecule has 0 aliphatic rings.